The number of rotatable bonds is 1. The third kappa shape index (κ3) is 1.58. The molecular formula is C10H16N4O. The van der Waals surface area contributed by atoms with Gasteiger partial charge in [0.2, 0.25) is 5.91 Å². The first-order chi connectivity index (χ1) is 7.13. The third-order valence-electron chi connectivity index (χ3n) is 2.75. The standard InChI is InChI=1S/C10H16N4O/c1-4-14-6-5-8(15)11-9-7(2)12-13(3)10(9)14/h4-6H2,1-3H3,(H,11,15). The highest BCUT2D eigenvalue weighted by molar-refractivity contribution is 5.96. The second kappa shape index (κ2) is 3.56. The van der Waals surface area contributed by atoms with Crippen molar-refractivity contribution in [3.8, 4) is 0 Å². The molecule has 82 valence electrons. The second-order valence-electron chi connectivity index (χ2n) is 3.79. The molecule has 0 saturated heterocycles. The summed E-state index contributed by atoms with van der Waals surface area (Å²) in [6.45, 7) is 5.65. The van der Waals surface area contributed by atoms with Gasteiger partial charge in [0.15, 0.2) is 5.82 Å². The molecule has 0 aromatic carbocycles. The number of fused-ring (bicyclic) bond motifs is 1. The Hall–Kier alpha value is -1.52. The summed E-state index contributed by atoms with van der Waals surface area (Å²) in [5.41, 5.74) is 1.74. The molecule has 0 bridgehead atoms. The maximum absolute atomic E-state index is 11.5. The highest BCUT2D eigenvalue weighted by Crippen LogP contribution is 2.30. The maximum Gasteiger partial charge on any atom is 0.226 e. The van der Waals surface area contributed by atoms with E-state index in [0.717, 1.165) is 30.3 Å². The summed E-state index contributed by atoms with van der Waals surface area (Å²) in [6, 6.07) is 0. The van der Waals surface area contributed by atoms with Gasteiger partial charge in [0.1, 0.15) is 5.69 Å². The Balaban J connectivity index is 2.51. The number of amides is 1. The molecule has 1 aliphatic rings. The summed E-state index contributed by atoms with van der Waals surface area (Å²) in [5, 5.41) is 7.24. The molecule has 1 N–H and O–H groups in total. The van der Waals surface area contributed by atoms with Gasteiger partial charge in [-0.1, -0.05) is 0 Å². The van der Waals surface area contributed by atoms with E-state index in [1.807, 2.05) is 18.7 Å². The number of hydrogen-bond acceptors (Lipinski definition) is 3. The first-order valence-corrected chi connectivity index (χ1v) is 5.22. The van der Waals surface area contributed by atoms with Crippen LogP contribution in [0.15, 0.2) is 0 Å². The maximum atomic E-state index is 11.5. The molecule has 0 radical (unpaired) electrons. The van der Waals surface area contributed by atoms with E-state index in [2.05, 4.69) is 22.2 Å². The number of carbonyl (C=O) groups is 1. The Morgan fingerprint density at radius 3 is 2.93 bits per heavy atom. The molecule has 1 aromatic rings. The number of hydrogen-bond donors (Lipinski definition) is 1. The van der Waals surface area contributed by atoms with Crippen LogP contribution in [0.5, 0.6) is 0 Å². The van der Waals surface area contributed by atoms with Gasteiger partial charge in [-0.2, -0.15) is 5.10 Å². The fourth-order valence-electron chi connectivity index (χ4n) is 2.01. The zero-order chi connectivity index (χ0) is 11.0. The fraction of sp³-hybridized carbons (Fsp3) is 0.600. The van der Waals surface area contributed by atoms with Crippen LogP contribution < -0.4 is 10.2 Å². The van der Waals surface area contributed by atoms with Gasteiger partial charge in [0, 0.05) is 26.6 Å². The Morgan fingerprint density at radius 1 is 1.53 bits per heavy atom. The molecule has 1 amide bonds. The van der Waals surface area contributed by atoms with Gasteiger partial charge in [0.05, 0.1) is 5.69 Å². The van der Waals surface area contributed by atoms with Gasteiger partial charge in [-0.25, -0.2) is 0 Å². The topological polar surface area (TPSA) is 50.2 Å². The van der Waals surface area contributed by atoms with Crippen LogP contribution in [0.1, 0.15) is 19.0 Å². The van der Waals surface area contributed by atoms with Gasteiger partial charge >= 0.3 is 0 Å². The van der Waals surface area contributed by atoms with E-state index in [9.17, 15) is 4.79 Å². The Kier molecular flexibility index (Phi) is 2.38. The Morgan fingerprint density at radius 2 is 2.27 bits per heavy atom. The van der Waals surface area contributed by atoms with Crippen LogP contribution in [0.2, 0.25) is 0 Å². The van der Waals surface area contributed by atoms with E-state index in [4.69, 9.17) is 0 Å². The lowest BCUT2D eigenvalue weighted by Gasteiger charge is -2.20. The quantitative estimate of drug-likeness (QED) is 0.746. The molecule has 5 heteroatoms. The van der Waals surface area contributed by atoms with E-state index in [1.165, 1.54) is 0 Å². The minimum absolute atomic E-state index is 0.0725. The highest BCUT2D eigenvalue weighted by atomic mass is 16.1. The molecule has 2 rings (SSSR count). The van der Waals surface area contributed by atoms with E-state index < -0.39 is 0 Å². The molecule has 1 aromatic heterocycles. The van der Waals surface area contributed by atoms with E-state index >= 15 is 0 Å². The van der Waals surface area contributed by atoms with Crippen LogP contribution in [-0.2, 0) is 11.8 Å². The lowest BCUT2D eigenvalue weighted by molar-refractivity contribution is -0.115. The molecule has 0 aliphatic carbocycles. The van der Waals surface area contributed by atoms with E-state index in [-0.39, 0.29) is 5.91 Å². The monoisotopic (exact) mass is 208 g/mol. The van der Waals surface area contributed by atoms with Gasteiger partial charge in [-0.3, -0.25) is 9.48 Å². The summed E-state index contributed by atoms with van der Waals surface area (Å²) in [4.78, 5) is 13.7. The SMILES string of the molecule is CCN1CCC(=O)Nc2c(C)nn(C)c21. The van der Waals surface area contributed by atoms with Gasteiger partial charge in [-0.15, -0.1) is 0 Å². The summed E-state index contributed by atoms with van der Waals surface area (Å²) in [6.07, 6.45) is 0.544. The van der Waals surface area contributed by atoms with Crippen LogP contribution >= 0.6 is 0 Å². The van der Waals surface area contributed by atoms with Crippen LogP contribution in [0.3, 0.4) is 0 Å². The molecular weight excluding hydrogens is 192 g/mol. The van der Waals surface area contributed by atoms with Crippen molar-refractivity contribution in [1.29, 1.82) is 0 Å². The van der Waals surface area contributed by atoms with Crippen LogP contribution in [0.4, 0.5) is 11.5 Å². The fourth-order valence-corrected chi connectivity index (χ4v) is 2.01. The summed E-state index contributed by atoms with van der Waals surface area (Å²) >= 11 is 0. The molecule has 0 saturated carbocycles. The van der Waals surface area contributed by atoms with Crippen molar-refractivity contribution in [2.45, 2.75) is 20.3 Å². The van der Waals surface area contributed by atoms with Crippen molar-refractivity contribution >= 4 is 17.4 Å². The summed E-state index contributed by atoms with van der Waals surface area (Å²) < 4.78 is 1.83. The van der Waals surface area contributed by atoms with Crippen molar-refractivity contribution < 1.29 is 4.79 Å². The zero-order valence-corrected chi connectivity index (χ0v) is 9.37. The molecule has 1 aliphatic heterocycles. The largest absolute Gasteiger partial charge is 0.355 e. The Bertz CT molecular complexity index is 396. The Labute approximate surface area is 89.1 Å². The van der Waals surface area contributed by atoms with Crippen molar-refractivity contribution in [2.75, 3.05) is 23.3 Å². The number of carbonyl (C=O) groups excluding carboxylic acids is 1. The van der Waals surface area contributed by atoms with Crippen LogP contribution in [0, 0.1) is 6.92 Å². The predicted molar refractivity (Wildman–Crippen MR) is 59.1 cm³/mol. The van der Waals surface area contributed by atoms with Crippen molar-refractivity contribution in [3.05, 3.63) is 5.69 Å². The van der Waals surface area contributed by atoms with E-state index in [0.29, 0.717) is 6.42 Å². The summed E-state index contributed by atoms with van der Waals surface area (Å²) in [5.74, 6) is 1.09. The number of nitrogens with one attached hydrogen (secondary N) is 1. The number of aromatic nitrogens is 2. The minimum Gasteiger partial charge on any atom is -0.355 e. The second-order valence-corrected chi connectivity index (χ2v) is 3.79. The lowest BCUT2D eigenvalue weighted by Crippen LogP contribution is -2.26. The van der Waals surface area contributed by atoms with Gasteiger partial charge in [0.25, 0.3) is 0 Å². The summed E-state index contributed by atoms with van der Waals surface area (Å²) in [7, 11) is 1.91. The zero-order valence-electron chi connectivity index (χ0n) is 9.37. The number of aryl methyl sites for hydroxylation is 2. The van der Waals surface area contributed by atoms with Crippen LogP contribution in [0.25, 0.3) is 0 Å². The van der Waals surface area contributed by atoms with Crippen molar-refractivity contribution in [2.24, 2.45) is 7.05 Å². The van der Waals surface area contributed by atoms with E-state index in [1.54, 1.807) is 0 Å². The van der Waals surface area contributed by atoms with Crippen LogP contribution in [-0.4, -0.2) is 28.8 Å². The molecule has 0 unspecified atom stereocenters. The molecule has 2 heterocycles. The number of anilines is 2. The normalized spacial score (nSPS) is 15.9. The predicted octanol–water partition coefficient (Wildman–Crippen LogP) is 0.897. The molecule has 0 fully saturated rings. The van der Waals surface area contributed by atoms with Crippen molar-refractivity contribution in [1.82, 2.24) is 9.78 Å². The average molecular weight is 208 g/mol. The molecule has 0 spiro atoms. The molecule has 15 heavy (non-hydrogen) atoms. The minimum atomic E-state index is 0.0725. The lowest BCUT2D eigenvalue weighted by atomic mass is 10.3. The first kappa shape index (κ1) is 10.0. The van der Waals surface area contributed by atoms with Gasteiger partial charge < -0.3 is 10.2 Å². The van der Waals surface area contributed by atoms with Gasteiger partial charge in [-0.05, 0) is 13.8 Å². The molecule has 0 atom stereocenters. The highest BCUT2D eigenvalue weighted by Gasteiger charge is 2.23. The first-order valence-electron chi connectivity index (χ1n) is 5.22. The van der Waals surface area contributed by atoms with Crippen molar-refractivity contribution in [3.63, 3.8) is 0 Å². The smallest absolute Gasteiger partial charge is 0.226 e. The third-order valence-corrected chi connectivity index (χ3v) is 2.75. The average Bonchev–Trinajstić information content (AvgIpc) is 2.38. The number of nitrogens with zero attached hydrogens (tertiary/aromatic N) is 3. The molecule has 5 nitrogen and oxygen atoms in total.